The number of nitrogens with zero attached hydrogens (tertiary/aromatic N) is 3. The molecule has 0 aliphatic heterocycles. The molecule has 1 aromatic rings. The van der Waals surface area contributed by atoms with E-state index in [1.807, 2.05) is 0 Å². The van der Waals surface area contributed by atoms with Gasteiger partial charge < -0.3 is 5.32 Å². The molecular weight excluding hydrogens is 236 g/mol. The van der Waals surface area contributed by atoms with Crippen molar-refractivity contribution in [3.8, 4) is 6.07 Å². The van der Waals surface area contributed by atoms with E-state index in [4.69, 9.17) is 5.26 Å². The predicted molar refractivity (Wildman–Crippen MR) is 73.4 cm³/mol. The maximum Gasteiger partial charge on any atom is 0.166 e. The fourth-order valence-electron chi connectivity index (χ4n) is 4.33. The van der Waals surface area contributed by atoms with E-state index in [9.17, 15) is 0 Å². The molecule has 1 N–H and O–H groups in total. The maximum absolute atomic E-state index is 9.16. The molecule has 1 heterocycles. The number of nitrogens with one attached hydrogen (secondary N) is 1. The van der Waals surface area contributed by atoms with Crippen molar-refractivity contribution < 1.29 is 0 Å². The van der Waals surface area contributed by atoms with Crippen LogP contribution in [-0.2, 0) is 0 Å². The second kappa shape index (κ2) is 3.93. The monoisotopic (exact) mass is 256 g/mol. The van der Waals surface area contributed by atoms with Crippen LogP contribution in [0.1, 0.15) is 45.6 Å². The highest BCUT2D eigenvalue weighted by Crippen LogP contribution is 2.63. The SMILES string of the molecule is CC12CCC(C1)C(C)(C)C2Nc1nnccc1C#N. The lowest BCUT2D eigenvalue weighted by Gasteiger charge is -2.43. The molecule has 2 aliphatic carbocycles. The number of hydrogen-bond donors (Lipinski definition) is 1. The van der Waals surface area contributed by atoms with Gasteiger partial charge in [0.2, 0.25) is 0 Å². The van der Waals surface area contributed by atoms with Crippen LogP contribution in [0.15, 0.2) is 12.3 Å². The van der Waals surface area contributed by atoms with E-state index in [2.05, 4.69) is 42.4 Å². The Hall–Kier alpha value is -1.63. The van der Waals surface area contributed by atoms with Crippen molar-refractivity contribution in [3.05, 3.63) is 17.8 Å². The molecule has 0 radical (unpaired) electrons. The third-order valence-corrected chi connectivity index (χ3v) is 5.39. The van der Waals surface area contributed by atoms with Crippen LogP contribution in [0.25, 0.3) is 0 Å². The van der Waals surface area contributed by atoms with Crippen molar-refractivity contribution in [1.29, 1.82) is 5.26 Å². The maximum atomic E-state index is 9.16. The molecule has 0 aromatic carbocycles. The quantitative estimate of drug-likeness (QED) is 0.883. The second-order valence-electron chi connectivity index (χ2n) is 6.90. The van der Waals surface area contributed by atoms with Crippen LogP contribution in [0.3, 0.4) is 0 Å². The smallest absolute Gasteiger partial charge is 0.166 e. The summed E-state index contributed by atoms with van der Waals surface area (Å²) in [7, 11) is 0. The van der Waals surface area contributed by atoms with E-state index < -0.39 is 0 Å². The van der Waals surface area contributed by atoms with Gasteiger partial charge in [-0.05, 0) is 42.1 Å². The molecule has 2 aliphatic rings. The number of fused-ring (bicyclic) bond motifs is 2. The van der Waals surface area contributed by atoms with Crippen LogP contribution in [0.2, 0.25) is 0 Å². The van der Waals surface area contributed by atoms with Gasteiger partial charge in [0, 0.05) is 6.04 Å². The summed E-state index contributed by atoms with van der Waals surface area (Å²) in [6.45, 7) is 7.03. The normalized spacial score (nSPS) is 35.1. The van der Waals surface area contributed by atoms with Gasteiger partial charge in [-0.25, -0.2) is 0 Å². The van der Waals surface area contributed by atoms with E-state index >= 15 is 0 Å². The standard InChI is InChI=1S/C15H20N4/c1-14(2)11-4-6-15(3,8-11)13(14)18-12-10(9-16)5-7-17-19-12/h5,7,11,13H,4,6,8H2,1-3H3,(H,18,19). The Morgan fingerprint density at radius 1 is 1.42 bits per heavy atom. The average molecular weight is 256 g/mol. The summed E-state index contributed by atoms with van der Waals surface area (Å²) in [6.07, 6.45) is 5.44. The van der Waals surface area contributed by atoms with Crippen LogP contribution < -0.4 is 5.32 Å². The third kappa shape index (κ3) is 1.72. The number of anilines is 1. The van der Waals surface area contributed by atoms with Crippen molar-refractivity contribution in [2.75, 3.05) is 5.32 Å². The number of nitriles is 1. The lowest BCUT2D eigenvalue weighted by Crippen LogP contribution is -2.46. The van der Waals surface area contributed by atoms with Gasteiger partial charge in [0.05, 0.1) is 11.8 Å². The van der Waals surface area contributed by atoms with Crippen molar-refractivity contribution in [2.45, 2.75) is 46.1 Å². The van der Waals surface area contributed by atoms with Crippen LogP contribution in [0.4, 0.5) is 5.82 Å². The number of aromatic nitrogens is 2. The Morgan fingerprint density at radius 2 is 2.21 bits per heavy atom. The Kier molecular flexibility index (Phi) is 2.57. The van der Waals surface area contributed by atoms with Gasteiger partial charge in [-0.2, -0.15) is 10.4 Å². The molecule has 3 atom stereocenters. The molecule has 2 bridgehead atoms. The minimum absolute atomic E-state index is 0.247. The van der Waals surface area contributed by atoms with Gasteiger partial charge in [0.15, 0.2) is 5.82 Å². The third-order valence-electron chi connectivity index (χ3n) is 5.39. The van der Waals surface area contributed by atoms with Crippen LogP contribution in [-0.4, -0.2) is 16.2 Å². The van der Waals surface area contributed by atoms with Gasteiger partial charge in [-0.3, -0.25) is 0 Å². The van der Waals surface area contributed by atoms with E-state index in [0.717, 1.165) is 5.92 Å². The highest BCUT2D eigenvalue weighted by atomic mass is 15.2. The fourth-order valence-corrected chi connectivity index (χ4v) is 4.33. The van der Waals surface area contributed by atoms with Gasteiger partial charge >= 0.3 is 0 Å². The van der Waals surface area contributed by atoms with Crippen LogP contribution >= 0.6 is 0 Å². The molecule has 3 rings (SSSR count). The van der Waals surface area contributed by atoms with Crippen molar-refractivity contribution in [3.63, 3.8) is 0 Å². The summed E-state index contributed by atoms with van der Waals surface area (Å²) in [4.78, 5) is 0. The summed E-state index contributed by atoms with van der Waals surface area (Å²) in [6, 6.07) is 4.27. The van der Waals surface area contributed by atoms with Gasteiger partial charge in [0.1, 0.15) is 6.07 Å². The minimum Gasteiger partial charge on any atom is -0.364 e. The van der Waals surface area contributed by atoms with E-state index in [1.165, 1.54) is 19.3 Å². The highest BCUT2D eigenvalue weighted by molar-refractivity contribution is 5.51. The summed E-state index contributed by atoms with van der Waals surface area (Å²) in [5.74, 6) is 1.41. The molecule has 0 spiro atoms. The molecule has 1 aromatic heterocycles. The van der Waals surface area contributed by atoms with Crippen molar-refractivity contribution >= 4 is 5.82 Å². The number of hydrogen-bond acceptors (Lipinski definition) is 4. The molecule has 19 heavy (non-hydrogen) atoms. The van der Waals surface area contributed by atoms with Gasteiger partial charge in [-0.15, -0.1) is 5.10 Å². The summed E-state index contributed by atoms with van der Waals surface area (Å²) in [5, 5.41) is 20.7. The van der Waals surface area contributed by atoms with Gasteiger partial charge in [-0.1, -0.05) is 20.8 Å². The molecule has 2 saturated carbocycles. The first-order valence-electron chi connectivity index (χ1n) is 6.96. The molecular formula is C15H20N4. The number of rotatable bonds is 2. The van der Waals surface area contributed by atoms with Crippen molar-refractivity contribution in [2.24, 2.45) is 16.7 Å². The first-order chi connectivity index (χ1) is 8.97. The van der Waals surface area contributed by atoms with E-state index in [0.29, 0.717) is 22.8 Å². The highest BCUT2D eigenvalue weighted by Gasteiger charge is 2.59. The molecule has 3 unspecified atom stereocenters. The largest absolute Gasteiger partial charge is 0.364 e. The zero-order valence-corrected chi connectivity index (χ0v) is 11.8. The average Bonchev–Trinajstić information content (AvgIpc) is 2.86. The summed E-state index contributed by atoms with van der Waals surface area (Å²) >= 11 is 0. The molecule has 4 heteroatoms. The summed E-state index contributed by atoms with van der Waals surface area (Å²) < 4.78 is 0. The lowest BCUT2D eigenvalue weighted by atomic mass is 9.68. The van der Waals surface area contributed by atoms with Gasteiger partial charge in [0.25, 0.3) is 0 Å². The topological polar surface area (TPSA) is 61.6 Å². The van der Waals surface area contributed by atoms with E-state index in [-0.39, 0.29) is 5.41 Å². The Morgan fingerprint density at radius 3 is 2.84 bits per heavy atom. The zero-order valence-electron chi connectivity index (χ0n) is 11.8. The second-order valence-corrected chi connectivity index (χ2v) is 6.90. The zero-order chi connectivity index (χ0) is 13.7. The van der Waals surface area contributed by atoms with Crippen molar-refractivity contribution in [1.82, 2.24) is 10.2 Å². The van der Waals surface area contributed by atoms with Crippen LogP contribution in [0.5, 0.6) is 0 Å². The molecule has 2 fully saturated rings. The van der Waals surface area contributed by atoms with Crippen LogP contribution in [0, 0.1) is 28.1 Å². The first-order valence-corrected chi connectivity index (χ1v) is 6.96. The fraction of sp³-hybridized carbons (Fsp3) is 0.667. The molecule has 100 valence electrons. The Balaban J connectivity index is 1.93. The molecule has 0 saturated heterocycles. The Bertz CT molecular complexity index is 541. The molecule has 4 nitrogen and oxygen atoms in total. The lowest BCUT2D eigenvalue weighted by molar-refractivity contribution is 0.155. The summed E-state index contributed by atoms with van der Waals surface area (Å²) in [5.41, 5.74) is 1.15. The Labute approximate surface area is 114 Å². The predicted octanol–water partition coefficient (Wildman–Crippen LogP) is 2.97. The van der Waals surface area contributed by atoms with E-state index in [1.54, 1.807) is 12.3 Å². The minimum atomic E-state index is 0.247. The molecule has 0 amide bonds. The first kappa shape index (κ1) is 12.4.